The Morgan fingerprint density at radius 2 is 1.93 bits per heavy atom. The first kappa shape index (κ1) is 21.0. The summed E-state index contributed by atoms with van der Waals surface area (Å²) in [6, 6.07) is 4.30. The van der Waals surface area contributed by atoms with E-state index in [4.69, 9.17) is 0 Å². The van der Waals surface area contributed by atoms with E-state index in [-0.39, 0.29) is 22.8 Å². The van der Waals surface area contributed by atoms with Crippen LogP contribution in [0, 0.1) is 12.7 Å². The number of hydrogen-bond acceptors (Lipinski definition) is 6. The smallest absolute Gasteiger partial charge is 0.326 e. The fourth-order valence-electron chi connectivity index (χ4n) is 2.25. The van der Waals surface area contributed by atoms with Crippen molar-refractivity contribution >= 4 is 33.1 Å². The topological polar surface area (TPSA) is 113 Å². The molecule has 0 aliphatic rings. The lowest BCUT2D eigenvalue weighted by Gasteiger charge is -2.13. The maximum atomic E-state index is 13.0. The van der Waals surface area contributed by atoms with Crippen LogP contribution in [0.25, 0.3) is 10.6 Å². The molecule has 7 nitrogen and oxygen atoms in total. The molecule has 1 heterocycles. The van der Waals surface area contributed by atoms with Crippen LogP contribution in [0.5, 0.6) is 0 Å². The summed E-state index contributed by atoms with van der Waals surface area (Å²) >= 11 is 1.05. The van der Waals surface area contributed by atoms with Crippen LogP contribution in [0.3, 0.4) is 0 Å². The van der Waals surface area contributed by atoms with Crippen molar-refractivity contribution in [1.82, 2.24) is 10.3 Å². The van der Waals surface area contributed by atoms with Gasteiger partial charge in [-0.05, 0) is 37.6 Å². The molecule has 0 radical (unpaired) electrons. The maximum absolute atomic E-state index is 13.0. The van der Waals surface area contributed by atoms with Crippen molar-refractivity contribution in [3.05, 3.63) is 40.7 Å². The molecule has 2 aromatic rings. The number of aromatic nitrogens is 1. The number of aryl methyl sites for hydroxylation is 1. The Bertz CT molecular complexity index is 939. The zero-order chi connectivity index (χ0) is 20.2. The van der Waals surface area contributed by atoms with Gasteiger partial charge in [-0.3, -0.25) is 4.79 Å². The summed E-state index contributed by atoms with van der Waals surface area (Å²) in [6.07, 6.45) is -0.222. The van der Waals surface area contributed by atoms with E-state index in [1.807, 2.05) is 0 Å². The second-order valence-electron chi connectivity index (χ2n) is 5.83. The van der Waals surface area contributed by atoms with Crippen molar-refractivity contribution in [1.29, 1.82) is 0 Å². The Hall–Kier alpha value is -2.33. The molecule has 0 spiro atoms. The predicted molar refractivity (Wildman–Crippen MR) is 100 cm³/mol. The van der Waals surface area contributed by atoms with Gasteiger partial charge in [-0.1, -0.05) is 6.92 Å². The number of amides is 1. The molecule has 0 bridgehead atoms. The number of rotatable bonds is 8. The summed E-state index contributed by atoms with van der Waals surface area (Å²) in [7, 11) is -3.35. The molecule has 0 aliphatic heterocycles. The number of thiazole rings is 1. The number of benzene rings is 1. The lowest BCUT2D eigenvalue weighted by atomic mass is 10.2. The second-order valence-corrected chi connectivity index (χ2v) is 9.30. The van der Waals surface area contributed by atoms with Crippen LogP contribution < -0.4 is 5.32 Å². The molecular formula is C17H19FN2O5S2. The minimum Gasteiger partial charge on any atom is -0.480 e. The Morgan fingerprint density at radius 3 is 2.48 bits per heavy atom. The molecular weight excluding hydrogens is 395 g/mol. The third-order valence-corrected chi connectivity index (χ3v) is 6.80. The largest absolute Gasteiger partial charge is 0.480 e. The van der Waals surface area contributed by atoms with Gasteiger partial charge in [-0.2, -0.15) is 0 Å². The van der Waals surface area contributed by atoms with E-state index in [2.05, 4.69) is 10.3 Å². The summed E-state index contributed by atoms with van der Waals surface area (Å²) in [5.41, 5.74) is 1.04. The molecule has 1 unspecified atom stereocenters. The van der Waals surface area contributed by atoms with Gasteiger partial charge in [-0.25, -0.2) is 22.6 Å². The summed E-state index contributed by atoms with van der Waals surface area (Å²) in [5.74, 6) is -2.77. The Balaban J connectivity index is 2.16. The molecule has 1 amide bonds. The van der Waals surface area contributed by atoms with E-state index in [0.29, 0.717) is 16.3 Å². The van der Waals surface area contributed by atoms with E-state index >= 15 is 0 Å². The highest BCUT2D eigenvalue weighted by molar-refractivity contribution is 7.91. The minimum atomic E-state index is -3.35. The quantitative estimate of drug-likeness (QED) is 0.685. The SMILES string of the molecule is CCS(=O)(=O)CCC(NC(=O)c1sc(-c2ccc(F)cc2)nc1C)C(=O)O. The zero-order valence-electron chi connectivity index (χ0n) is 14.7. The lowest BCUT2D eigenvalue weighted by Crippen LogP contribution is -2.42. The molecule has 1 aromatic heterocycles. The lowest BCUT2D eigenvalue weighted by molar-refractivity contribution is -0.139. The van der Waals surface area contributed by atoms with Crippen molar-refractivity contribution in [3.63, 3.8) is 0 Å². The first-order valence-corrected chi connectivity index (χ1v) is 10.7. The maximum Gasteiger partial charge on any atom is 0.326 e. The number of nitrogens with one attached hydrogen (secondary N) is 1. The van der Waals surface area contributed by atoms with Gasteiger partial charge in [-0.15, -0.1) is 11.3 Å². The van der Waals surface area contributed by atoms with E-state index < -0.39 is 33.6 Å². The zero-order valence-corrected chi connectivity index (χ0v) is 16.4. The molecule has 0 aliphatic carbocycles. The molecule has 0 saturated heterocycles. The normalized spacial score (nSPS) is 12.6. The third kappa shape index (κ3) is 5.57. The van der Waals surface area contributed by atoms with Crippen LogP contribution in [-0.4, -0.2) is 47.9 Å². The van der Waals surface area contributed by atoms with Gasteiger partial charge >= 0.3 is 5.97 Å². The number of aliphatic carboxylic acids is 1. The highest BCUT2D eigenvalue weighted by Gasteiger charge is 2.25. The van der Waals surface area contributed by atoms with Gasteiger partial charge in [0.05, 0.1) is 11.4 Å². The number of sulfone groups is 1. The molecule has 0 saturated carbocycles. The van der Waals surface area contributed by atoms with Gasteiger partial charge < -0.3 is 10.4 Å². The fraction of sp³-hybridized carbons (Fsp3) is 0.353. The van der Waals surface area contributed by atoms with E-state index in [9.17, 15) is 27.5 Å². The second kappa shape index (κ2) is 8.57. The molecule has 27 heavy (non-hydrogen) atoms. The van der Waals surface area contributed by atoms with Crippen LogP contribution in [0.4, 0.5) is 4.39 Å². The van der Waals surface area contributed by atoms with Crippen LogP contribution in [0.2, 0.25) is 0 Å². The molecule has 2 N–H and O–H groups in total. The number of carbonyl (C=O) groups excluding carboxylic acids is 1. The molecule has 2 rings (SSSR count). The monoisotopic (exact) mass is 414 g/mol. The summed E-state index contributed by atoms with van der Waals surface area (Å²) in [6.45, 7) is 3.08. The highest BCUT2D eigenvalue weighted by Crippen LogP contribution is 2.28. The van der Waals surface area contributed by atoms with Gasteiger partial charge in [0.2, 0.25) is 0 Å². The first-order valence-electron chi connectivity index (χ1n) is 8.10. The predicted octanol–water partition coefficient (Wildman–Crippen LogP) is 2.27. The molecule has 1 aromatic carbocycles. The first-order chi connectivity index (χ1) is 12.6. The van der Waals surface area contributed by atoms with Crippen molar-refractivity contribution in [2.45, 2.75) is 26.3 Å². The Morgan fingerprint density at radius 1 is 1.30 bits per heavy atom. The van der Waals surface area contributed by atoms with Crippen LogP contribution >= 0.6 is 11.3 Å². The number of carbonyl (C=O) groups is 2. The van der Waals surface area contributed by atoms with Crippen molar-refractivity contribution in [3.8, 4) is 10.6 Å². The van der Waals surface area contributed by atoms with Crippen LogP contribution in [0.15, 0.2) is 24.3 Å². The van der Waals surface area contributed by atoms with Crippen molar-refractivity contribution < 1.29 is 27.5 Å². The number of nitrogens with zero attached hydrogens (tertiary/aromatic N) is 1. The number of hydrogen-bond donors (Lipinski definition) is 2. The molecule has 1 atom stereocenters. The molecule has 146 valence electrons. The Labute approximate surface area is 160 Å². The summed E-state index contributed by atoms with van der Waals surface area (Å²) in [5, 5.41) is 12.1. The minimum absolute atomic E-state index is 0.0950. The number of carboxylic acid groups (broad SMARTS) is 1. The molecule has 0 fully saturated rings. The van der Waals surface area contributed by atoms with E-state index in [1.54, 1.807) is 6.92 Å². The third-order valence-electron chi connectivity index (χ3n) is 3.85. The standard InChI is InChI=1S/C17H19FN2O5S2/c1-3-27(24,25)9-8-13(17(22)23)20-15(21)14-10(2)19-16(26-14)11-4-6-12(18)7-5-11/h4-7,13H,3,8-9H2,1-2H3,(H,20,21)(H,22,23). The summed E-state index contributed by atoms with van der Waals surface area (Å²) in [4.78, 5) is 28.3. The highest BCUT2D eigenvalue weighted by atomic mass is 32.2. The average Bonchev–Trinajstić information content (AvgIpc) is 3.00. The van der Waals surface area contributed by atoms with Gasteiger partial charge in [0.15, 0.2) is 0 Å². The number of carboxylic acids is 1. The van der Waals surface area contributed by atoms with Crippen molar-refractivity contribution in [2.75, 3.05) is 11.5 Å². The summed E-state index contributed by atoms with van der Waals surface area (Å²) < 4.78 is 36.2. The van der Waals surface area contributed by atoms with E-state index in [0.717, 1.165) is 11.3 Å². The van der Waals surface area contributed by atoms with E-state index in [1.165, 1.54) is 31.2 Å². The molecule has 10 heteroatoms. The van der Waals surface area contributed by atoms with Gasteiger partial charge in [0.1, 0.15) is 31.6 Å². The fourth-order valence-corrected chi connectivity index (χ4v) is 4.10. The van der Waals surface area contributed by atoms with Crippen molar-refractivity contribution in [2.24, 2.45) is 0 Å². The number of halogens is 1. The van der Waals surface area contributed by atoms with Gasteiger partial charge in [0, 0.05) is 11.3 Å². The van der Waals surface area contributed by atoms with Crippen LogP contribution in [0.1, 0.15) is 28.7 Å². The van der Waals surface area contributed by atoms with Gasteiger partial charge in [0.25, 0.3) is 5.91 Å². The Kier molecular flexibility index (Phi) is 6.66. The average molecular weight is 414 g/mol. The van der Waals surface area contributed by atoms with Crippen LogP contribution in [-0.2, 0) is 14.6 Å².